The van der Waals surface area contributed by atoms with Crippen LogP contribution in [0.1, 0.15) is 18.4 Å². The number of benzene rings is 1. The summed E-state index contributed by atoms with van der Waals surface area (Å²) in [5.74, 6) is 0. The lowest BCUT2D eigenvalue weighted by Crippen LogP contribution is -2.43. The molecule has 0 spiro atoms. The molecule has 1 fully saturated rings. The Morgan fingerprint density at radius 2 is 1.71 bits per heavy atom. The van der Waals surface area contributed by atoms with Crippen LogP contribution in [0.5, 0.6) is 0 Å². The highest BCUT2D eigenvalue weighted by Crippen LogP contribution is 2.19. The number of piperidine rings is 1. The van der Waals surface area contributed by atoms with Gasteiger partial charge in [0.15, 0.2) is 0 Å². The summed E-state index contributed by atoms with van der Waals surface area (Å²) in [4.78, 5) is 6.54. The number of hydrogen-bond donors (Lipinski definition) is 1. The maximum Gasteiger partial charge on any atom is 0.0366 e. The Morgan fingerprint density at radius 1 is 1.00 bits per heavy atom. The molecule has 1 aromatic carbocycles. The quantitative estimate of drug-likeness (QED) is 0.913. The van der Waals surface area contributed by atoms with E-state index in [0.29, 0.717) is 6.04 Å². The van der Waals surface area contributed by atoms with E-state index in [0.717, 1.165) is 26.1 Å². The van der Waals surface area contributed by atoms with Crippen molar-refractivity contribution in [3.8, 4) is 0 Å². The molecule has 1 aliphatic rings. The van der Waals surface area contributed by atoms with Crippen LogP contribution in [0.15, 0.2) is 54.9 Å². The minimum absolute atomic E-state index is 0.659. The molecule has 0 bridgehead atoms. The third-order valence-corrected chi connectivity index (χ3v) is 4.21. The van der Waals surface area contributed by atoms with E-state index in [9.17, 15) is 0 Å². The largest absolute Gasteiger partial charge is 0.371 e. The monoisotopic (exact) mass is 281 g/mol. The smallest absolute Gasteiger partial charge is 0.0366 e. The molecule has 0 aliphatic carbocycles. The van der Waals surface area contributed by atoms with Crippen molar-refractivity contribution in [2.24, 2.45) is 0 Å². The van der Waals surface area contributed by atoms with Crippen molar-refractivity contribution in [1.29, 1.82) is 0 Å². The first-order chi connectivity index (χ1) is 10.4. The molecule has 1 aliphatic heterocycles. The maximum absolute atomic E-state index is 4.05. The minimum Gasteiger partial charge on any atom is -0.371 e. The molecule has 3 nitrogen and oxygen atoms in total. The fraction of sp³-hybridized carbons (Fsp3) is 0.389. The van der Waals surface area contributed by atoms with E-state index < -0.39 is 0 Å². The maximum atomic E-state index is 4.05. The number of nitrogens with zero attached hydrogens (tertiary/aromatic N) is 2. The van der Waals surface area contributed by atoms with Gasteiger partial charge in [-0.25, -0.2) is 0 Å². The van der Waals surface area contributed by atoms with Gasteiger partial charge in [-0.2, -0.15) is 0 Å². The fourth-order valence-electron chi connectivity index (χ4n) is 2.95. The van der Waals surface area contributed by atoms with Crippen molar-refractivity contribution in [2.45, 2.75) is 25.3 Å². The van der Waals surface area contributed by atoms with Gasteiger partial charge >= 0.3 is 0 Å². The second-order valence-electron chi connectivity index (χ2n) is 5.66. The van der Waals surface area contributed by atoms with Gasteiger partial charge in [0.2, 0.25) is 0 Å². The first-order valence-electron chi connectivity index (χ1n) is 7.84. The number of anilines is 1. The summed E-state index contributed by atoms with van der Waals surface area (Å²) in [5, 5.41) is 3.70. The van der Waals surface area contributed by atoms with Crippen LogP contribution in [0.3, 0.4) is 0 Å². The van der Waals surface area contributed by atoms with E-state index in [1.54, 1.807) is 0 Å². The second-order valence-corrected chi connectivity index (χ2v) is 5.66. The van der Waals surface area contributed by atoms with Gasteiger partial charge in [0, 0.05) is 37.2 Å². The zero-order chi connectivity index (χ0) is 14.3. The second kappa shape index (κ2) is 7.23. The third kappa shape index (κ3) is 4.05. The first kappa shape index (κ1) is 14.1. The number of para-hydroxylation sites is 1. The molecule has 1 N–H and O–H groups in total. The minimum atomic E-state index is 0.659. The Balaban J connectivity index is 1.40. The van der Waals surface area contributed by atoms with Gasteiger partial charge in [-0.3, -0.25) is 4.98 Å². The Labute approximate surface area is 127 Å². The molecule has 1 saturated heterocycles. The van der Waals surface area contributed by atoms with Crippen LogP contribution >= 0.6 is 0 Å². The fourth-order valence-corrected chi connectivity index (χ4v) is 2.95. The lowest BCUT2D eigenvalue weighted by atomic mass is 10.0. The summed E-state index contributed by atoms with van der Waals surface area (Å²) in [6.07, 6.45) is 7.28. The molecule has 110 valence electrons. The standard InChI is InChI=1S/C18H23N3/c1-2-4-18(5-3-1)21-14-9-17(10-15-21)20-13-8-16-6-11-19-12-7-16/h1-7,11-12,17,20H,8-10,13-15H2. The van der Waals surface area contributed by atoms with E-state index in [4.69, 9.17) is 0 Å². The SMILES string of the molecule is c1ccc(N2CCC(NCCc3ccncc3)CC2)cc1. The molecule has 0 unspecified atom stereocenters. The number of aromatic nitrogens is 1. The van der Waals surface area contributed by atoms with Gasteiger partial charge in [-0.1, -0.05) is 18.2 Å². The molecule has 21 heavy (non-hydrogen) atoms. The molecular formula is C18H23N3. The van der Waals surface area contributed by atoms with Crippen molar-refractivity contribution >= 4 is 5.69 Å². The summed E-state index contributed by atoms with van der Waals surface area (Å²) in [5.41, 5.74) is 2.71. The average molecular weight is 281 g/mol. The lowest BCUT2D eigenvalue weighted by Gasteiger charge is -2.34. The van der Waals surface area contributed by atoms with Gasteiger partial charge in [-0.05, 0) is 55.6 Å². The Morgan fingerprint density at radius 3 is 2.43 bits per heavy atom. The normalized spacial score (nSPS) is 16.1. The van der Waals surface area contributed by atoms with Crippen molar-refractivity contribution in [3.05, 3.63) is 60.4 Å². The van der Waals surface area contributed by atoms with Gasteiger partial charge in [-0.15, -0.1) is 0 Å². The Hall–Kier alpha value is -1.87. The van der Waals surface area contributed by atoms with E-state index >= 15 is 0 Å². The van der Waals surface area contributed by atoms with Crippen molar-refractivity contribution in [3.63, 3.8) is 0 Å². The number of nitrogens with one attached hydrogen (secondary N) is 1. The van der Waals surface area contributed by atoms with Crippen LogP contribution in [0, 0.1) is 0 Å². The van der Waals surface area contributed by atoms with Gasteiger partial charge in [0.05, 0.1) is 0 Å². The zero-order valence-electron chi connectivity index (χ0n) is 12.4. The Bertz CT molecular complexity index is 516. The average Bonchev–Trinajstić information content (AvgIpc) is 2.57. The molecule has 0 saturated carbocycles. The molecule has 2 heterocycles. The van der Waals surface area contributed by atoms with Crippen LogP contribution in [-0.2, 0) is 6.42 Å². The first-order valence-corrected chi connectivity index (χ1v) is 7.84. The highest BCUT2D eigenvalue weighted by Gasteiger charge is 2.18. The van der Waals surface area contributed by atoms with Crippen LogP contribution < -0.4 is 10.2 Å². The van der Waals surface area contributed by atoms with Crippen LogP contribution in [0.4, 0.5) is 5.69 Å². The third-order valence-electron chi connectivity index (χ3n) is 4.21. The zero-order valence-corrected chi connectivity index (χ0v) is 12.4. The predicted octanol–water partition coefficient (Wildman–Crippen LogP) is 2.88. The van der Waals surface area contributed by atoms with Gasteiger partial charge in [0.25, 0.3) is 0 Å². The van der Waals surface area contributed by atoms with Crippen molar-refractivity contribution in [1.82, 2.24) is 10.3 Å². The summed E-state index contributed by atoms with van der Waals surface area (Å²) in [7, 11) is 0. The molecule has 0 amide bonds. The van der Waals surface area contributed by atoms with E-state index in [2.05, 4.69) is 57.7 Å². The Kier molecular flexibility index (Phi) is 4.85. The van der Waals surface area contributed by atoms with Crippen LogP contribution in [-0.4, -0.2) is 30.7 Å². The van der Waals surface area contributed by atoms with Crippen molar-refractivity contribution in [2.75, 3.05) is 24.5 Å². The molecular weight excluding hydrogens is 258 g/mol. The molecule has 1 aromatic heterocycles. The molecule has 3 heteroatoms. The van der Waals surface area contributed by atoms with Crippen LogP contribution in [0.2, 0.25) is 0 Å². The van der Waals surface area contributed by atoms with E-state index in [-0.39, 0.29) is 0 Å². The van der Waals surface area contributed by atoms with Gasteiger partial charge < -0.3 is 10.2 Å². The summed E-state index contributed by atoms with van der Waals surface area (Å²) >= 11 is 0. The number of pyridine rings is 1. The molecule has 0 radical (unpaired) electrons. The van der Waals surface area contributed by atoms with Gasteiger partial charge in [0.1, 0.15) is 0 Å². The highest BCUT2D eigenvalue weighted by atomic mass is 15.1. The summed E-state index contributed by atoms with van der Waals surface area (Å²) in [6.45, 7) is 3.36. The van der Waals surface area contributed by atoms with Crippen LogP contribution in [0.25, 0.3) is 0 Å². The molecule has 0 atom stereocenters. The highest BCUT2D eigenvalue weighted by molar-refractivity contribution is 5.46. The topological polar surface area (TPSA) is 28.2 Å². The van der Waals surface area contributed by atoms with E-state index in [1.165, 1.54) is 24.1 Å². The predicted molar refractivity (Wildman–Crippen MR) is 87.6 cm³/mol. The molecule has 3 rings (SSSR count). The van der Waals surface area contributed by atoms with Crippen molar-refractivity contribution < 1.29 is 0 Å². The van der Waals surface area contributed by atoms with E-state index in [1.807, 2.05) is 12.4 Å². The summed E-state index contributed by atoms with van der Waals surface area (Å²) in [6, 6.07) is 15.6. The number of rotatable bonds is 5. The lowest BCUT2D eigenvalue weighted by molar-refractivity contribution is 0.417. The number of hydrogen-bond acceptors (Lipinski definition) is 3. The summed E-state index contributed by atoms with van der Waals surface area (Å²) < 4.78 is 0. The molecule has 2 aromatic rings.